The monoisotopic (exact) mass is 450 g/mol. The van der Waals surface area contributed by atoms with Gasteiger partial charge in [0.25, 0.3) is 10.0 Å². The Morgan fingerprint density at radius 2 is 1.52 bits per heavy atom. The summed E-state index contributed by atoms with van der Waals surface area (Å²) in [6.45, 7) is -0.402. The highest BCUT2D eigenvalue weighted by Crippen LogP contribution is 2.27. The summed E-state index contributed by atoms with van der Waals surface area (Å²) in [4.78, 5) is 13.0. The van der Waals surface area contributed by atoms with E-state index in [4.69, 9.17) is 11.6 Å². The highest BCUT2D eigenvalue weighted by atomic mass is 35.5. The van der Waals surface area contributed by atoms with E-state index in [1.807, 2.05) is 36.4 Å². The van der Waals surface area contributed by atoms with Crippen LogP contribution in [-0.4, -0.2) is 20.9 Å². The standard InChI is InChI=1S/C24H19ClN2O3S/c25-19-10-7-11-20(16-19)27(31(29,30)21-12-2-1-3-13-21)17-24(28)26-23-15-6-9-18-8-4-5-14-22(18)23/h1-16H,17H2,(H,26,28). The Morgan fingerprint density at radius 1 is 0.839 bits per heavy atom. The van der Waals surface area contributed by atoms with Crippen LogP contribution in [0, 0.1) is 0 Å². The molecule has 0 atom stereocenters. The number of carbonyl (C=O) groups excluding carboxylic acids is 1. The topological polar surface area (TPSA) is 66.5 Å². The minimum Gasteiger partial charge on any atom is -0.324 e. The summed E-state index contributed by atoms with van der Waals surface area (Å²) < 4.78 is 27.8. The van der Waals surface area contributed by atoms with Crippen molar-refractivity contribution in [1.29, 1.82) is 0 Å². The molecule has 0 aromatic heterocycles. The smallest absolute Gasteiger partial charge is 0.264 e. The molecule has 1 N–H and O–H groups in total. The fourth-order valence-electron chi connectivity index (χ4n) is 3.32. The summed E-state index contributed by atoms with van der Waals surface area (Å²) >= 11 is 6.09. The predicted molar refractivity (Wildman–Crippen MR) is 125 cm³/mol. The number of sulfonamides is 1. The van der Waals surface area contributed by atoms with E-state index in [0.29, 0.717) is 16.4 Å². The second kappa shape index (κ2) is 8.79. The van der Waals surface area contributed by atoms with Gasteiger partial charge in [-0.2, -0.15) is 0 Å². The zero-order chi connectivity index (χ0) is 21.8. The van der Waals surface area contributed by atoms with Gasteiger partial charge in [-0.1, -0.05) is 72.3 Å². The molecule has 4 aromatic carbocycles. The van der Waals surface area contributed by atoms with Crippen LogP contribution in [0.1, 0.15) is 0 Å². The zero-order valence-corrected chi connectivity index (χ0v) is 18.0. The summed E-state index contributed by atoms with van der Waals surface area (Å²) in [5.41, 5.74) is 0.927. The van der Waals surface area contributed by atoms with E-state index in [1.54, 1.807) is 42.5 Å². The average molecular weight is 451 g/mol. The molecule has 156 valence electrons. The van der Waals surface area contributed by atoms with Crippen molar-refractivity contribution < 1.29 is 13.2 Å². The van der Waals surface area contributed by atoms with Gasteiger partial charge in [-0.25, -0.2) is 8.42 Å². The normalized spacial score (nSPS) is 11.3. The molecule has 1 amide bonds. The lowest BCUT2D eigenvalue weighted by atomic mass is 10.1. The fourth-order valence-corrected chi connectivity index (χ4v) is 4.94. The van der Waals surface area contributed by atoms with Crippen LogP contribution in [-0.2, 0) is 14.8 Å². The number of amides is 1. The van der Waals surface area contributed by atoms with Crippen LogP contribution in [0.25, 0.3) is 10.8 Å². The second-order valence-electron chi connectivity index (χ2n) is 6.88. The summed E-state index contributed by atoms with van der Waals surface area (Å²) in [5.74, 6) is -0.462. The molecule has 4 aromatic rings. The van der Waals surface area contributed by atoms with Crippen molar-refractivity contribution in [1.82, 2.24) is 0 Å². The van der Waals surface area contributed by atoms with Crippen LogP contribution in [0.15, 0.2) is 102 Å². The van der Waals surface area contributed by atoms with Crippen LogP contribution in [0.5, 0.6) is 0 Å². The van der Waals surface area contributed by atoms with E-state index in [2.05, 4.69) is 5.32 Å². The first kappa shape index (κ1) is 20.9. The number of anilines is 2. The number of benzene rings is 4. The number of nitrogens with one attached hydrogen (secondary N) is 1. The molecule has 0 heterocycles. The van der Waals surface area contributed by atoms with Gasteiger partial charge in [-0.15, -0.1) is 0 Å². The van der Waals surface area contributed by atoms with Crippen LogP contribution in [0.2, 0.25) is 5.02 Å². The van der Waals surface area contributed by atoms with Crippen LogP contribution >= 0.6 is 11.6 Å². The number of rotatable bonds is 6. The maximum absolute atomic E-state index is 13.3. The van der Waals surface area contributed by atoms with Gasteiger partial charge >= 0.3 is 0 Å². The van der Waals surface area contributed by atoms with E-state index in [0.717, 1.165) is 15.1 Å². The number of fused-ring (bicyclic) bond motifs is 1. The summed E-state index contributed by atoms with van der Waals surface area (Å²) in [6, 6.07) is 27.7. The molecule has 31 heavy (non-hydrogen) atoms. The molecule has 0 saturated carbocycles. The average Bonchev–Trinajstić information content (AvgIpc) is 2.78. The van der Waals surface area contributed by atoms with Gasteiger partial charge in [0.2, 0.25) is 5.91 Å². The van der Waals surface area contributed by atoms with Gasteiger partial charge in [0.05, 0.1) is 10.6 Å². The number of halogens is 1. The zero-order valence-electron chi connectivity index (χ0n) is 16.4. The van der Waals surface area contributed by atoms with E-state index < -0.39 is 22.5 Å². The third kappa shape index (κ3) is 4.55. The molecule has 0 fully saturated rings. The molecular formula is C24H19ClN2O3S. The Bertz CT molecular complexity index is 1340. The number of hydrogen-bond donors (Lipinski definition) is 1. The SMILES string of the molecule is O=C(CN(c1cccc(Cl)c1)S(=O)(=O)c1ccccc1)Nc1cccc2ccccc12. The third-order valence-electron chi connectivity index (χ3n) is 4.78. The lowest BCUT2D eigenvalue weighted by Gasteiger charge is -2.24. The molecular weight excluding hydrogens is 432 g/mol. The quantitative estimate of drug-likeness (QED) is 0.432. The van der Waals surface area contributed by atoms with Crippen molar-refractivity contribution in [2.45, 2.75) is 4.90 Å². The van der Waals surface area contributed by atoms with Crippen molar-refractivity contribution in [3.8, 4) is 0 Å². The Hall–Kier alpha value is -3.35. The van der Waals surface area contributed by atoms with Crippen LogP contribution in [0.4, 0.5) is 11.4 Å². The molecule has 0 aliphatic rings. The minimum absolute atomic E-state index is 0.0907. The lowest BCUT2D eigenvalue weighted by molar-refractivity contribution is -0.114. The molecule has 0 aliphatic carbocycles. The minimum atomic E-state index is -3.99. The predicted octanol–water partition coefficient (Wildman–Crippen LogP) is 5.33. The second-order valence-corrected chi connectivity index (χ2v) is 9.18. The Balaban J connectivity index is 1.68. The molecule has 0 unspecified atom stereocenters. The van der Waals surface area contributed by atoms with Crippen LogP contribution in [0.3, 0.4) is 0 Å². The Morgan fingerprint density at radius 3 is 2.29 bits per heavy atom. The van der Waals surface area contributed by atoms with Gasteiger partial charge < -0.3 is 5.32 Å². The number of nitrogens with zero attached hydrogens (tertiary/aromatic N) is 1. The Kier molecular flexibility index (Phi) is 5.93. The van der Waals surface area contributed by atoms with Crippen LogP contribution < -0.4 is 9.62 Å². The largest absolute Gasteiger partial charge is 0.324 e. The van der Waals surface area contributed by atoms with Gasteiger partial charge in [0, 0.05) is 16.1 Å². The van der Waals surface area contributed by atoms with Gasteiger partial charge in [-0.3, -0.25) is 9.10 Å². The van der Waals surface area contributed by atoms with Gasteiger partial charge in [0.1, 0.15) is 6.54 Å². The molecule has 4 rings (SSSR count). The van der Waals surface area contributed by atoms with Crippen molar-refractivity contribution in [2.24, 2.45) is 0 Å². The maximum Gasteiger partial charge on any atom is 0.264 e. The summed E-state index contributed by atoms with van der Waals surface area (Å²) in [5, 5.41) is 5.07. The van der Waals surface area contributed by atoms with E-state index in [1.165, 1.54) is 18.2 Å². The van der Waals surface area contributed by atoms with Crippen molar-refractivity contribution in [3.63, 3.8) is 0 Å². The molecule has 5 nitrogen and oxygen atoms in total. The highest BCUT2D eigenvalue weighted by molar-refractivity contribution is 7.92. The molecule has 0 saturated heterocycles. The molecule has 0 bridgehead atoms. The van der Waals surface area contributed by atoms with E-state index in [9.17, 15) is 13.2 Å². The summed E-state index contributed by atoms with van der Waals surface area (Å²) in [6.07, 6.45) is 0. The summed E-state index contributed by atoms with van der Waals surface area (Å²) in [7, 11) is -3.99. The van der Waals surface area contributed by atoms with E-state index >= 15 is 0 Å². The number of carbonyl (C=O) groups is 1. The van der Waals surface area contributed by atoms with Gasteiger partial charge in [0.15, 0.2) is 0 Å². The first-order chi connectivity index (χ1) is 14.9. The lowest BCUT2D eigenvalue weighted by Crippen LogP contribution is -2.38. The molecule has 7 heteroatoms. The first-order valence-corrected chi connectivity index (χ1v) is 11.4. The van der Waals surface area contributed by atoms with Gasteiger partial charge in [-0.05, 0) is 41.8 Å². The van der Waals surface area contributed by atoms with Crippen molar-refractivity contribution in [3.05, 3.63) is 102 Å². The Labute approximate surface area is 185 Å². The third-order valence-corrected chi connectivity index (χ3v) is 6.80. The maximum atomic E-state index is 13.3. The molecule has 0 spiro atoms. The number of hydrogen-bond acceptors (Lipinski definition) is 3. The first-order valence-electron chi connectivity index (χ1n) is 9.56. The molecule has 0 radical (unpaired) electrons. The highest BCUT2D eigenvalue weighted by Gasteiger charge is 2.27. The molecule has 0 aliphatic heterocycles. The van der Waals surface area contributed by atoms with E-state index in [-0.39, 0.29) is 4.90 Å². The van der Waals surface area contributed by atoms with Crippen molar-refractivity contribution >= 4 is 49.7 Å². The fraction of sp³-hybridized carbons (Fsp3) is 0.0417. The van der Waals surface area contributed by atoms with Crippen molar-refractivity contribution in [2.75, 3.05) is 16.2 Å².